The standard InChI is InChI=1S/C22H28N4O2/c1-26(2)14-8-4-7-13-23-19-15-16(11-12-20(19)28-3)21-17-9-5-6-10-18(17)22(27)25-24-21/h5-6,9-12,15,23H,4,7-8,13-14H2,1-3H3,(H,25,27). The number of nitrogens with zero attached hydrogens (tertiary/aromatic N) is 2. The minimum atomic E-state index is -0.177. The molecule has 148 valence electrons. The smallest absolute Gasteiger partial charge is 0.272 e. The Kier molecular flexibility index (Phi) is 6.66. The third-order valence-corrected chi connectivity index (χ3v) is 4.77. The average Bonchev–Trinajstić information content (AvgIpc) is 2.71. The lowest BCUT2D eigenvalue weighted by molar-refractivity contribution is 0.392. The lowest BCUT2D eigenvalue weighted by atomic mass is 10.0. The van der Waals surface area contributed by atoms with Crippen LogP contribution in [-0.4, -0.2) is 49.4 Å². The fraction of sp³-hybridized carbons (Fsp3) is 0.364. The van der Waals surface area contributed by atoms with Gasteiger partial charge in [0, 0.05) is 17.5 Å². The third-order valence-electron chi connectivity index (χ3n) is 4.77. The van der Waals surface area contributed by atoms with E-state index in [1.807, 2.05) is 42.5 Å². The van der Waals surface area contributed by atoms with Crippen LogP contribution in [0.2, 0.25) is 0 Å². The first-order valence-electron chi connectivity index (χ1n) is 9.64. The highest BCUT2D eigenvalue weighted by Crippen LogP contribution is 2.32. The normalized spacial score (nSPS) is 11.1. The Hall–Kier alpha value is -2.86. The summed E-state index contributed by atoms with van der Waals surface area (Å²) in [5.41, 5.74) is 2.45. The van der Waals surface area contributed by atoms with Crippen LogP contribution in [0.25, 0.3) is 22.0 Å². The molecule has 6 nitrogen and oxygen atoms in total. The average molecular weight is 380 g/mol. The number of unbranched alkanes of at least 4 members (excludes halogenated alkanes) is 2. The van der Waals surface area contributed by atoms with Crippen LogP contribution in [0.5, 0.6) is 5.75 Å². The van der Waals surface area contributed by atoms with E-state index in [0.717, 1.165) is 47.6 Å². The molecule has 0 aliphatic rings. The largest absolute Gasteiger partial charge is 0.495 e. The molecule has 0 spiro atoms. The number of anilines is 1. The summed E-state index contributed by atoms with van der Waals surface area (Å²) < 4.78 is 5.51. The number of benzene rings is 2. The molecule has 3 rings (SSSR count). The van der Waals surface area contributed by atoms with E-state index < -0.39 is 0 Å². The molecule has 0 bridgehead atoms. The van der Waals surface area contributed by atoms with Gasteiger partial charge in [0.25, 0.3) is 5.56 Å². The molecule has 0 radical (unpaired) electrons. The van der Waals surface area contributed by atoms with Gasteiger partial charge in [0.1, 0.15) is 5.75 Å². The molecule has 0 saturated carbocycles. The van der Waals surface area contributed by atoms with Crippen molar-refractivity contribution in [3.05, 3.63) is 52.8 Å². The van der Waals surface area contributed by atoms with Crippen molar-refractivity contribution in [3.63, 3.8) is 0 Å². The van der Waals surface area contributed by atoms with Crippen LogP contribution in [0.3, 0.4) is 0 Å². The second-order valence-corrected chi connectivity index (χ2v) is 7.15. The Bertz CT molecular complexity index is 982. The summed E-state index contributed by atoms with van der Waals surface area (Å²) in [6.45, 7) is 2.00. The molecule has 0 fully saturated rings. The van der Waals surface area contributed by atoms with Crippen LogP contribution in [0.4, 0.5) is 5.69 Å². The van der Waals surface area contributed by atoms with Crippen LogP contribution in [-0.2, 0) is 0 Å². The number of aromatic nitrogens is 2. The molecule has 0 aliphatic carbocycles. The van der Waals surface area contributed by atoms with E-state index in [0.29, 0.717) is 5.39 Å². The Morgan fingerprint density at radius 1 is 1.07 bits per heavy atom. The van der Waals surface area contributed by atoms with E-state index in [-0.39, 0.29) is 5.56 Å². The summed E-state index contributed by atoms with van der Waals surface area (Å²) in [5.74, 6) is 0.797. The quantitative estimate of drug-likeness (QED) is 0.554. The van der Waals surface area contributed by atoms with E-state index in [1.54, 1.807) is 7.11 Å². The highest BCUT2D eigenvalue weighted by molar-refractivity contribution is 5.94. The first-order chi connectivity index (χ1) is 13.6. The molecule has 0 unspecified atom stereocenters. The number of hydrogen-bond acceptors (Lipinski definition) is 5. The fourth-order valence-corrected chi connectivity index (χ4v) is 3.28. The third kappa shape index (κ3) is 4.70. The van der Waals surface area contributed by atoms with E-state index in [4.69, 9.17) is 4.74 Å². The van der Waals surface area contributed by atoms with Crippen LogP contribution in [0.15, 0.2) is 47.3 Å². The van der Waals surface area contributed by atoms with Gasteiger partial charge in [-0.25, -0.2) is 5.10 Å². The number of fused-ring (bicyclic) bond motifs is 1. The summed E-state index contributed by atoms with van der Waals surface area (Å²) in [5, 5.41) is 11.9. The molecule has 6 heteroatoms. The zero-order valence-corrected chi connectivity index (χ0v) is 16.8. The van der Waals surface area contributed by atoms with Crippen molar-refractivity contribution in [1.29, 1.82) is 0 Å². The van der Waals surface area contributed by atoms with Crippen molar-refractivity contribution in [2.45, 2.75) is 19.3 Å². The summed E-state index contributed by atoms with van der Waals surface area (Å²) >= 11 is 0. The molecule has 2 N–H and O–H groups in total. The van der Waals surface area contributed by atoms with E-state index in [9.17, 15) is 4.79 Å². The molecule has 28 heavy (non-hydrogen) atoms. The first-order valence-corrected chi connectivity index (χ1v) is 9.64. The lowest BCUT2D eigenvalue weighted by Gasteiger charge is -2.14. The van der Waals surface area contributed by atoms with Gasteiger partial charge in [-0.15, -0.1) is 0 Å². The van der Waals surface area contributed by atoms with Crippen molar-refractivity contribution in [3.8, 4) is 17.0 Å². The maximum Gasteiger partial charge on any atom is 0.272 e. The van der Waals surface area contributed by atoms with Crippen LogP contribution >= 0.6 is 0 Å². The van der Waals surface area contributed by atoms with Crippen molar-refractivity contribution >= 4 is 16.5 Å². The van der Waals surface area contributed by atoms with Gasteiger partial charge in [-0.05, 0) is 57.7 Å². The van der Waals surface area contributed by atoms with Crippen LogP contribution < -0.4 is 15.6 Å². The van der Waals surface area contributed by atoms with Gasteiger partial charge in [-0.3, -0.25) is 4.79 Å². The number of nitrogens with one attached hydrogen (secondary N) is 2. The van der Waals surface area contributed by atoms with Gasteiger partial charge in [0.15, 0.2) is 0 Å². The molecular weight excluding hydrogens is 352 g/mol. The zero-order chi connectivity index (χ0) is 19.9. The summed E-state index contributed by atoms with van der Waals surface area (Å²) in [6.07, 6.45) is 3.47. The first kappa shape index (κ1) is 19.9. The SMILES string of the molecule is COc1ccc(-c2n[nH]c(=O)c3ccccc23)cc1NCCCCCN(C)C. The van der Waals surface area contributed by atoms with Crippen molar-refractivity contribution in [2.24, 2.45) is 0 Å². The van der Waals surface area contributed by atoms with Crippen molar-refractivity contribution in [1.82, 2.24) is 15.1 Å². The Labute approximate surface area is 165 Å². The minimum Gasteiger partial charge on any atom is -0.495 e. The highest BCUT2D eigenvalue weighted by Gasteiger charge is 2.11. The maximum atomic E-state index is 12.0. The zero-order valence-electron chi connectivity index (χ0n) is 16.8. The van der Waals surface area contributed by atoms with Gasteiger partial charge in [0.2, 0.25) is 0 Å². The lowest BCUT2D eigenvalue weighted by Crippen LogP contribution is -2.13. The molecular formula is C22H28N4O2. The number of ether oxygens (including phenoxy) is 1. The second kappa shape index (κ2) is 9.37. The highest BCUT2D eigenvalue weighted by atomic mass is 16.5. The van der Waals surface area contributed by atoms with E-state index >= 15 is 0 Å². The summed E-state index contributed by atoms with van der Waals surface area (Å²) in [7, 11) is 5.87. The monoisotopic (exact) mass is 380 g/mol. The maximum absolute atomic E-state index is 12.0. The molecule has 0 saturated heterocycles. The van der Waals surface area contributed by atoms with E-state index in [2.05, 4.69) is 34.5 Å². The molecule has 3 aromatic rings. The van der Waals surface area contributed by atoms with Crippen LogP contribution in [0.1, 0.15) is 19.3 Å². The van der Waals surface area contributed by atoms with Gasteiger partial charge < -0.3 is 15.0 Å². The number of H-pyrrole nitrogens is 1. The van der Waals surface area contributed by atoms with Crippen molar-refractivity contribution in [2.75, 3.05) is 39.6 Å². The summed E-state index contributed by atoms with van der Waals surface area (Å²) in [4.78, 5) is 14.3. The predicted octanol–water partition coefficient (Wildman–Crippen LogP) is 3.74. The topological polar surface area (TPSA) is 70.2 Å². The van der Waals surface area contributed by atoms with Crippen LogP contribution in [0, 0.1) is 0 Å². The van der Waals surface area contributed by atoms with Gasteiger partial charge in [-0.2, -0.15) is 5.10 Å². The minimum absolute atomic E-state index is 0.177. The number of methoxy groups -OCH3 is 1. The molecule has 1 aromatic heterocycles. The Balaban J connectivity index is 1.80. The molecule has 0 atom stereocenters. The molecule has 0 amide bonds. The van der Waals surface area contributed by atoms with E-state index in [1.165, 1.54) is 12.8 Å². The van der Waals surface area contributed by atoms with Gasteiger partial charge in [-0.1, -0.05) is 24.6 Å². The molecule has 2 aromatic carbocycles. The fourth-order valence-electron chi connectivity index (χ4n) is 3.28. The Morgan fingerprint density at radius 3 is 2.61 bits per heavy atom. The molecule has 0 aliphatic heterocycles. The number of hydrogen-bond donors (Lipinski definition) is 2. The molecule has 1 heterocycles. The van der Waals surface area contributed by atoms with Gasteiger partial charge >= 0.3 is 0 Å². The van der Waals surface area contributed by atoms with Crippen molar-refractivity contribution < 1.29 is 4.74 Å². The second-order valence-electron chi connectivity index (χ2n) is 7.15. The Morgan fingerprint density at radius 2 is 1.86 bits per heavy atom. The number of aromatic amines is 1. The predicted molar refractivity (Wildman–Crippen MR) is 115 cm³/mol. The number of rotatable bonds is 9. The van der Waals surface area contributed by atoms with Gasteiger partial charge in [0.05, 0.1) is 23.9 Å². The summed E-state index contributed by atoms with van der Waals surface area (Å²) in [6, 6.07) is 13.5.